The molecule has 0 saturated carbocycles. The largest absolute Gasteiger partial charge is 0.376 e. The van der Waals surface area contributed by atoms with E-state index in [2.05, 4.69) is 22.6 Å². The molecule has 3 heteroatoms. The number of methoxy groups -OCH3 is 1. The number of hydrogen-bond acceptors (Lipinski definition) is 2. The molecule has 70 valence electrons. The van der Waals surface area contributed by atoms with Gasteiger partial charge in [0, 0.05) is 13.0 Å². The molecular weight excluding hydrogens is 267 g/mol. The zero-order valence-electron chi connectivity index (χ0n) is 7.93. The van der Waals surface area contributed by atoms with Crippen LogP contribution in [0, 0.1) is 5.92 Å². The molecular formula is C9H15IO2. The van der Waals surface area contributed by atoms with E-state index in [-0.39, 0.29) is 17.8 Å². The highest BCUT2D eigenvalue weighted by molar-refractivity contribution is 14.1. The first kappa shape index (κ1) is 12.1. The number of halogens is 1. The SMILES string of the molecule is CO[C@@H](C(C)=CI)[C@@H](C)C(C)=O. The van der Waals surface area contributed by atoms with E-state index in [0.717, 1.165) is 5.57 Å². The highest BCUT2D eigenvalue weighted by atomic mass is 127. The van der Waals surface area contributed by atoms with E-state index in [9.17, 15) is 4.79 Å². The number of carbonyl (C=O) groups is 1. The molecule has 12 heavy (non-hydrogen) atoms. The smallest absolute Gasteiger partial charge is 0.135 e. The molecule has 0 heterocycles. The normalized spacial score (nSPS) is 17.2. The predicted molar refractivity (Wildman–Crippen MR) is 58.4 cm³/mol. The maximum Gasteiger partial charge on any atom is 0.135 e. The number of carbonyl (C=O) groups excluding carboxylic acids is 1. The van der Waals surface area contributed by atoms with Crippen LogP contribution in [0.3, 0.4) is 0 Å². The van der Waals surface area contributed by atoms with Gasteiger partial charge in [0.05, 0.1) is 6.10 Å². The van der Waals surface area contributed by atoms with E-state index >= 15 is 0 Å². The van der Waals surface area contributed by atoms with Crippen molar-refractivity contribution in [3.8, 4) is 0 Å². The molecule has 0 bridgehead atoms. The molecule has 0 aliphatic rings. The van der Waals surface area contributed by atoms with Crippen LogP contribution in [0.25, 0.3) is 0 Å². The van der Waals surface area contributed by atoms with Gasteiger partial charge in [0.25, 0.3) is 0 Å². The van der Waals surface area contributed by atoms with Crippen LogP contribution < -0.4 is 0 Å². The summed E-state index contributed by atoms with van der Waals surface area (Å²) in [6, 6.07) is 0. The molecule has 0 fully saturated rings. The summed E-state index contributed by atoms with van der Waals surface area (Å²) in [5, 5.41) is 0. The quantitative estimate of drug-likeness (QED) is 0.741. The molecule has 0 aromatic rings. The molecule has 0 spiro atoms. The predicted octanol–water partition coefficient (Wildman–Crippen LogP) is 2.57. The van der Waals surface area contributed by atoms with E-state index in [1.54, 1.807) is 14.0 Å². The van der Waals surface area contributed by atoms with Crippen LogP contribution in [0.15, 0.2) is 9.66 Å². The fraction of sp³-hybridized carbons (Fsp3) is 0.667. The Balaban J connectivity index is 4.45. The molecule has 0 rings (SSSR count). The van der Waals surface area contributed by atoms with Crippen molar-refractivity contribution in [2.45, 2.75) is 26.9 Å². The number of hydrogen-bond donors (Lipinski definition) is 0. The number of Topliss-reactive ketones (excluding diaryl/α,β-unsaturated/α-hetero) is 1. The summed E-state index contributed by atoms with van der Waals surface area (Å²) in [6.45, 7) is 5.46. The topological polar surface area (TPSA) is 26.3 Å². The first-order chi connectivity index (χ1) is 5.54. The molecule has 0 unspecified atom stereocenters. The summed E-state index contributed by atoms with van der Waals surface area (Å²) in [5.41, 5.74) is 1.10. The fourth-order valence-electron chi connectivity index (χ4n) is 1.06. The Hall–Kier alpha value is 0.1000. The third-order valence-corrected chi connectivity index (χ3v) is 2.95. The molecule has 0 aliphatic carbocycles. The third kappa shape index (κ3) is 3.23. The Morgan fingerprint density at radius 3 is 2.25 bits per heavy atom. The first-order valence-corrected chi connectivity index (χ1v) is 5.09. The number of ether oxygens (including phenoxy) is 1. The summed E-state index contributed by atoms with van der Waals surface area (Å²) in [6.07, 6.45) is -0.0700. The Morgan fingerprint density at radius 2 is 2.00 bits per heavy atom. The Kier molecular flexibility index (Phi) is 5.74. The van der Waals surface area contributed by atoms with Gasteiger partial charge in [0.15, 0.2) is 0 Å². The monoisotopic (exact) mass is 282 g/mol. The van der Waals surface area contributed by atoms with Crippen LogP contribution in [0.4, 0.5) is 0 Å². The summed E-state index contributed by atoms with van der Waals surface area (Å²) in [7, 11) is 1.63. The molecule has 0 amide bonds. The van der Waals surface area contributed by atoms with Gasteiger partial charge >= 0.3 is 0 Å². The van der Waals surface area contributed by atoms with Crippen LogP contribution in [0.2, 0.25) is 0 Å². The maximum absolute atomic E-state index is 11.1. The van der Waals surface area contributed by atoms with Crippen molar-refractivity contribution in [1.29, 1.82) is 0 Å². The van der Waals surface area contributed by atoms with Gasteiger partial charge in [0.1, 0.15) is 5.78 Å². The van der Waals surface area contributed by atoms with Crippen LogP contribution in [0.1, 0.15) is 20.8 Å². The number of rotatable bonds is 4. The molecule has 0 saturated heterocycles. The van der Waals surface area contributed by atoms with Crippen molar-refractivity contribution in [3.63, 3.8) is 0 Å². The highest BCUT2D eigenvalue weighted by Gasteiger charge is 2.21. The van der Waals surface area contributed by atoms with E-state index in [0.29, 0.717) is 0 Å². The van der Waals surface area contributed by atoms with Gasteiger partial charge < -0.3 is 4.74 Å². The molecule has 0 aromatic heterocycles. The van der Waals surface area contributed by atoms with E-state index in [1.807, 2.05) is 17.9 Å². The van der Waals surface area contributed by atoms with Gasteiger partial charge in [-0.3, -0.25) is 4.79 Å². The van der Waals surface area contributed by atoms with E-state index in [4.69, 9.17) is 4.74 Å². The molecule has 2 nitrogen and oxygen atoms in total. The summed E-state index contributed by atoms with van der Waals surface area (Å²) in [5.74, 6) is 0.112. The summed E-state index contributed by atoms with van der Waals surface area (Å²) >= 11 is 2.16. The van der Waals surface area contributed by atoms with Gasteiger partial charge in [-0.15, -0.1) is 0 Å². The van der Waals surface area contributed by atoms with Crippen molar-refractivity contribution in [2.75, 3.05) is 7.11 Å². The lowest BCUT2D eigenvalue weighted by Gasteiger charge is -2.20. The molecule has 0 N–H and O–H groups in total. The van der Waals surface area contributed by atoms with Crippen LogP contribution >= 0.6 is 22.6 Å². The van der Waals surface area contributed by atoms with Crippen LogP contribution in [0.5, 0.6) is 0 Å². The number of ketones is 1. The van der Waals surface area contributed by atoms with Gasteiger partial charge in [-0.1, -0.05) is 29.5 Å². The average Bonchev–Trinajstić information content (AvgIpc) is 2.05. The van der Waals surface area contributed by atoms with Gasteiger partial charge in [0.2, 0.25) is 0 Å². The maximum atomic E-state index is 11.1. The zero-order valence-corrected chi connectivity index (χ0v) is 10.1. The van der Waals surface area contributed by atoms with Gasteiger partial charge in [-0.25, -0.2) is 0 Å². The van der Waals surface area contributed by atoms with Crippen molar-refractivity contribution in [1.82, 2.24) is 0 Å². The lowest BCUT2D eigenvalue weighted by atomic mass is 9.96. The summed E-state index contributed by atoms with van der Waals surface area (Å²) in [4.78, 5) is 11.1. The van der Waals surface area contributed by atoms with E-state index < -0.39 is 0 Å². The zero-order chi connectivity index (χ0) is 9.72. The average molecular weight is 282 g/mol. The Morgan fingerprint density at radius 1 is 1.50 bits per heavy atom. The molecule has 0 radical (unpaired) electrons. The van der Waals surface area contributed by atoms with Crippen molar-refractivity contribution in [2.24, 2.45) is 5.92 Å². The minimum Gasteiger partial charge on any atom is -0.376 e. The lowest BCUT2D eigenvalue weighted by molar-refractivity contribution is -0.123. The summed E-state index contributed by atoms with van der Waals surface area (Å²) < 4.78 is 7.18. The second-order valence-corrected chi connectivity index (χ2v) is 3.53. The standard InChI is InChI=1S/C9H15IO2/c1-6(5-10)9(12-4)7(2)8(3)11/h5,7,9H,1-4H3/t7-,9-/m0/s1. The van der Waals surface area contributed by atoms with Gasteiger partial charge in [-0.2, -0.15) is 0 Å². The Labute approximate surface area is 87.5 Å². The van der Waals surface area contributed by atoms with Crippen molar-refractivity contribution >= 4 is 28.4 Å². The van der Waals surface area contributed by atoms with E-state index in [1.165, 1.54) is 0 Å². The lowest BCUT2D eigenvalue weighted by Crippen LogP contribution is -2.26. The molecule has 0 aromatic carbocycles. The second-order valence-electron chi connectivity index (χ2n) is 2.91. The molecule has 2 atom stereocenters. The van der Waals surface area contributed by atoms with Crippen LogP contribution in [-0.4, -0.2) is 19.0 Å². The minimum absolute atomic E-state index is 0.0546. The van der Waals surface area contributed by atoms with Crippen molar-refractivity contribution in [3.05, 3.63) is 9.66 Å². The first-order valence-electron chi connectivity index (χ1n) is 3.84. The fourth-order valence-corrected chi connectivity index (χ4v) is 1.41. The van der Waals surface area contributed by atoms with Crippen molar-refractivity contribution < 1.29 is 9.53 Å². The minimum atomic E-state index is -0.0700. The Bertz CT molecular complexity index is 187. The van der Waals surface area contributed by atoms with Gasteiger partial charge in [-0.05, 0) is 23.5 Å². The highest BCUT2D eigenvalue weighted by Crippen LogP contribution is 2.17. The second kappa shape index (κ2) is 5.70. The molecule has 0 aliphatic heterocycles. The van der Waals surface area contributed by atoms with Crippen LogP contribution in [-0.2, 0) is 9.53 Å². The third-order valence-electron chi connectivity index (χ3n) is 1.97.